The maximum atomic E-state index is 5.98. The third kappa shape index (κ3) is 2.22. The molecule has 4 rings (SSSR count). The molecule has 3 N–H and O–H groups in total. The van der Waals surface area contributed by atoms with Crippen molar-refractivity contribution in [2.45, 2.75) is 18.9 Å². The van der Waals surface area contributed by atoms with Crippen LogP contribution in [-0.2, 0) is 0 Å². The Hall–Kier alpha value is -0.930. The summed E-state index contributed by atoms with van der Waals surface area (Å²) < 4.78 is 0. The van der Waals surface area contributed by atoms with Gasteiger partial charge in [0.1, 0.15) is 0 Å². The Labute approximate surface area is 107 Å². The summed E-state index contributed by atoms with van der Waals surface area (Å²) in [5, 5.41) is 4.28. The fourth-order valence-electron chi connectivity index (χ4n) is 2.99. The molecule has 0 saturated carbocycles. The first-order valence-electron chi connectivity index (χ1n) is 6.26. The van der Waals surface area contributed by atoms with E-state index in [4.69, 9.17) is 17.3 Å². The van der Waals surface area contributed by atoms with Crippen molar-refractivity contribution in [3.8, 4) is 0 Å². The number of halogens is 1. The molecule has 0 aliphatic carbocycles. The van der Waals surface area contributed by atoms with Crippen LogP contribution in [0.2, 0.25) is 5.02 Å². The first-order valence-corrected chi connectivity index (χ1v) is 6.64. The summed E-state index contributed by atoms with van der Waals surface area (Å²) >= 11 is 5.91. The van der Waals surface area contributed by atoms with Gasteiger partial charge in [0.15, 0.2) is 0 Å². The minimum Gasteiger partial charge on any atom is -0.397 e. The van der Waals surface area contributed by atoms with Gasteiger partial charge in [0.25, 0.3) is 0 Å². The maximum Gasteiger partial charge on any atom is 0.0577 e. The Morgan fingerprint density at radius 1 is 1.29 bits per heavy atom. The second-order valence-electron chi connectivity index (χ2n) is 5.12. The molecule has 1 aromatic carbocycles. The van der Waals surface area contributed by atoms with Gasteiger partial charge in [-0.1, -0.05) is 11.6 Å². The van der Waals surface area contributed by atoms with Crippen molar-refractivity contribution >= 4 is 23.0 Å². The number of nitrogens with two attached hydrogens (primary N) is 1. The number of nitrogens with zero attached hydrogens (tertiary/aromatic N) is 1. The molecule has 17 heavy (non-hydrogen) atoms. The lowest BCUT2D eigenvalue weighted by Gasteiger charge is -2.45. The van der Waals surface area contributed by atoms with E-state index >= 15 is 0 Å². The standard InChI is InChI=1S/C13H18ClN3/c14-10-1-2-12(11(15)7-10)16-13-8-17-5-3-9(13)4-6-17/h1-2,7,9,13,16H,3-6,8,15H2. The molecule has 1 aromatic rings. The average molecular weight is 252 g/mol. The Bertz CT molecular complexity index is 413. The van der Waals surface area contributed by atoms with Gasteiger partial charge in [-0.05, 0) is 50.0 Å². The lowest BCUT2D eigenvalue weighted by Crippen LogP contribution is -2.53. The predicted molar refractivity (Wildman–Crippen MR) is 72.4 cm³/mol. The third-order valence-electron chi connectivity index (χ3n) is 4.01. The van der Waals surface area contributed by atoms with E-state index in [0.717, 1.165) is 23.8 Å². The molecule has 3 saturated heterocycles. The highest BCUT2D eigenvalue weighted by atomic mass is 35.5. The van der Waals surface area contributed by atoms with Gasteiger partial charge < -0.3 is 16.0 Å². The van der Waals surface area contributed by atoms with Crippen LogP contribution in [0.15, 0.2) is 18.2 Å². The van der Waals surface area contributed by atoms with Gasteiger partial charge >= 0.3 is 0 Å². The number of piperidine rings is 3. The van der Waals surface area contributed by atoms with Gasteiger partial charge in [0, 0.05) is 17.6 Å². The predicted octanol–water partition coefficient (Wildman–Crippen LogP) is 2.43. The highest BCUT2D eigenvalue weighted by Gasteiger charge is 2.34. The molecule has 1 atom stereocenters. The van der Waals surface area contributed by atoms with E-state index in [1.54, 1.807) is 0 Å². The highest BCUT2D eigenvalue weighted by Crippen LogP contribution is 2.31. The van der Waals surface area contributed by atoms with Gasteiger partial charge in [0.2, 0.25) is 0 Å². The SMILES string of the molecule is Nc1cc(Cl)ccc1NC1CN2CCC1CC2. The summed E-state index contributed by atoms with van der Waals surface area (Å²) in [6.07, 6.45) is 2.62. The minimum absolute atomic E-state index is 0.543. The third-order valence-corrected chi connectivity index (χ3v) is 4.25. The van der Waals surface area contributed by atoms with Gasteiger partial charge in [0.05, 0.1) is 11.4 Å². The van der Waals surface area contributed by atoms with Crippen LogP contribution in [0.5, 0.6) is 0 Å². The van der Waals surface area contributed by atoms with Crippen LogP contribution in [0.3, 0.4) is 0 Å². The van der Waals surface area contributed by atoms with Crippen LogP contribution in [0.25, 0.3) is 0 Å². The van der Waals surface area contributed by atoms with E-state index in [1.807, 2.05) is 18.2 Å². The molecule has 2 bridgehead atoms. The van der Waals surface area contributed by atoms with Crippen molar-refractivity contribution in [3.63, 3.8) is 0 Å². The fraction of sp³-hybridized carbons (Fsp3) is 0.538. The molecular formula is C13H18ClN3. The van der Waals surface area contributed by atoms with Crippen LogP contribution in [0.4, 0.5) is 11.4 Å². The number of rotatable bonds is 2. The normalized spacial score (nSPS) is 31.5. The lowest BCUT2D eigenvalue weighted by molar-refractivity contribution is 0.0975. The molecule has 3 heterocycles. The van der Waals surface area contributed by atoms with Crippen molar-refractivity contribution in [1.29, 1.82) is 0 Å². The number of benzene rings is 1. The molecule has 0 aromatic heterocycles. The smallest absolute Gasteiger partial charge is 0.0577 e. The molecule has 0 radical (unpaired) electrons. The molecule has 4 heteroatoms. The summed E-state index contributed by atoms with van der Waals surface area (Å²) in [7, 11) is 0. The van der Waals surface area contributed by atoms with Crippen molar-refractivity contribution in [1.82, 2.24) is 4.90 Å². The van der Waals surface area contributed by atoms with Crippen molar-refractivity contribution in [3.05, 3.63) is 23.2 Å². The maximum absolute atomic E-state index is 5.98. The zero-order chi connectivity index (χ0) is 11.8. The largest absolute Gasteiger partial charge is 0.397 e. The summed E-state index contributed by atoms with van der Waals surface area (Å²) in [6.45, 7) is 3.67. The first-order chi connectivity index (χ1) is 8.22. The van der Waals surface area contributed by atoms with E-state index in [1.165, 1.54) is 25.9 Å². The van der Waals surface area contributed by atoms with E-state index in [-0.39, 0.29) is 0 Å². The number of nitrogens with one attached hydrogen (secondary N) is 1. The van der Waals surface area contributed by atoms with Crippen LogP contribution in [0, 0.1) is 5.92 Å². The Balaban J connectivity index is 1.74. The second-order valence-corrected chi connectivity index (χ2v) is 5.56. The summed E-state index contributed by atoms with van der Waals surface area (Å²) in [4.78, 5) is 2.53. The van der Waals surface area contributed by atoms with Gasteiger partial charge in [-0.15, -0.1) is 0 Å². The molecule has 0 spiro atoms. The topological polar surface area (TPSA) is 41.3 Å². The monoisotopic (exact) mass is 251 g/mol. The number of hydrogen-bond donors (Lipinski definition) is 2. The van der Waals surface area contributed by atoms with E-state index in [2.05, 4.69) is 10.2 Å². The van der Waals surface area contributed by atoms with Crippen molar-refractivity contribution in [2.75, 3.05) is 30.7 Å². The summed E-state index contributed by atoms with van der Waals surface area (Å²) in [5.41, 5.74) is 7.74. The number of anilines is 2. The number of hydrogen-bond acceptors (Lipinski definition) is 3. The van der Waals surface area contributed by atoms with Crippen LogP contribution in [-0.4, -0.2) is 30.6 Å². The molecule has 3 aliphatic rings. The quantitative estimate of drug-likeness (QED) is 0.794. The van der Waals surface area contributed by atoms with Gasteiger partial charge in [-0.2, -0.15) is 0 Å². The van der Waals surface area contributed by atoms with Gasteiger partial charge in [-0.25, -0.2) is 0 Å². The summed E-state index contributed by atoms with van der Waals surface area (Å²) in [5.74, 6) is 0.801. The molecule has 1 unspecified atom stereocenters. The minimum atomic E-state index is 0.543. The zero-order valence-electron chi connectivity index (χ0n) is 9.82. The summed E-state index contributed by atoms with van der Waals surface area (Å²) in [6, 6.07) is 6.23. The van der Waals surface area contributed by atoms with E-state index < -0.39 is 0 Å². The van der Waals surface area contributed by atoms with Crippen LogP contribution < -0.4 is 11.1 Å². The molecule has 0 amide bonds. The molecule has 92 valence electrons. The average Bonchev–Trinajstić information content (AvgIpc) is 2.34. The molecule has 3 nitrogen and oxygen atoms in total. The molecule has 3 aliphatic heterocycles. The lowest BCUT2D eigenvalue weighted by atomic mass is 9.84. The fourth-order valence-corrected chi connectivity index (χ4v) is 3.17. The van der Waals surface area contributed by atoms with Crippen molar-refractivity contribution in [2.24, 2.45) is 5.92 Å². The number of nitrogen functional groups attached to an aromatic ring is 1. The van der Waals surface area contributed by atoms with Gasteiger partial charge in [-0.3, -0.25) is 0 Å². The van der Waals surface area contributed by atoms with E-state index in [9.17, 15) is 0 Å². The number of fused-ring (bicyclic) bond motifs is 3. The molecule has 3 fully saturated rings. The Morgan fingerprint density at radius 3 is 2.65 bits per heavy atom. The van der Waals surface area contributed by atoms with E-state index in [0.29, 0.717) is 11.1 Å². The first kappa shape index (κ1) is 11.2. The zero-order valence-corrected chi connectivity index (χ0v) is 10.6. The van der Waals surface area contributed by atoms with Crippen LogP contribution >= 0.6 is 11.6 Å². The van der Waals surface area contributed by atoms with Crippen molar-refractivity contribution < 1.29 is 0 Å². The molecular weight excluding hydrogens is 234 g/mol. The van der Waals surface area contributed by atoms with Crippen LogP contribution in [0.1, 0.15) is 12.8 Å². The second kappa shape index (κ2) is 4.39. The highest BCUT2D eigenvalue weighted by molar-refractivity contribution is 6.31. The Morgan fingerprint density at radius 2 is 2.06 bits per heavy atom. The Kier molecular flexibility index (Phi) is 2.89.